The second-order valence-electron chi connectivity index (χ2n) is 9.86. The summed E-state index contributed by atoms with van der Waals surface area (Å²) in [4.78, 5) is 10.2. The van der Waals surface area contributed by atoms with E-state index in [0.29, 0.717) is 25.0 Å². The Balaban J connectivity index is 1.71. The van der Waals surface area contributed by atoms with E-state index in [1.54, 1.807) is 0 Å². The molecule has 0 unspecified atom stereocenters. The molecule has 0 bridgehead atoms. The van der Waals surface area contributed by atoms with Gasteiger partial charge in [0, 0.05) is 0 Å². The van der Waals surface area contributed by atoms with Crippen molar-refractivity contribution in [1.29, 1.82) is 0 Å². The van der Waals surface area contributed by atoms with Crippen LogP contribution in [0.5, 0.6) is 0 Å². The summed E-state index contributed by atoms with van der Waals surface area (Å²) < 4.78 is 12.7. The Bertz CT molecular complexity index is 954. The molecule has 1 aliphatic carbocycles. The molecule has 31 heavy (non-hydrogen) atoms. The Hall–Kier alpha value is -2.62. The fourth-order valence-electron chi connectivity index (χ4n) is 4.97. The van der Waals surface area contributed by atoms with E-state index in [9.17, 15) is 0 Å². The molecule has 0 spiro atoms. The maximum absolute atomic E-state index is 6.35. The van der Waals surface area contributed by atoms with Crippen LogP contribution in [-0.4, -0.2) is 37.1 Å². The largest absolute Gasteiger partial charge is 0.478 e. The summed E-state index contributed by atoms with van der Waals surface area (Å²) in [5.74, 6) is 2.49. The van der Waals surface area contributed by atoms with Crippen molar-refractivity contribution in [3.63, 3.8) is 0 Å². The molecule has 162 valence electrons. The number of hydrogen-bond acceptors (Lipinski definition) is 4. The number of aliphatic imine (C=N–C) groups is 2. The molecule has 2 atom stereocenters. The molecule has 0 saturated carbocycles. The molecule has 2 aliphatic heterocycles. The molecule has 5 rings (SSSR count). The standard InChI is InChI=1S/C27H32N2O2/c1-17(2)23-15-30-25(28-23)27(26-29-24(16-31-26)18(3)4)13-19-9-5-7-11-21(19)22-12-8-6-10-20(22)14-27/h5-12,17-18,23-24H,13-16H2,1-4H3/t23-,24-/m1/s1. The van der Waals surface area contributed by atoms with Gasteiger partial charge in [0.05, 0.1) is 12.1 Å². The molecule has 4 heteroatoms. The van der Waals surface area contributed by atoms with E-state index in [-0.39, 0.29) is 12.1 Å². The zero-order valence-corrected chi connectivity index (χ0v) is 19.0. The van der Waals surface area contributed by atoms with Crippen molar-refractivity contribution in [2.45, 2.75) is 52.6 Å². The highest BCUT2D eigenvalue weighted by Gasteiger charge is 2.51. The molecule has 0 N–H and O–H groups in total. The minimum absolute atomic E-state index is 0.184. The molecule has 4 nitrogen and oxygen atoms in total. The van der Waals surface area contributed by atoms with Crippen molar-refractivity contribution in [1.82, 2.24) is 0 Å². The summed E-state index contributed by atoms with van der Waals surface area (Å²) in [5.41, 5.74) is 4.67. The Morgan fingerprint density at radius 2 is 1.13 bits per heavy atom. The number of hydrogen-bond donors (Lipinski definition) is 0. The van der Waals surface area contributed by atoms with Crippen LogP contribution in [0.25, 0.3) is 11.1 Å². The van der Waals surface area contributed by atoms with E-state index in [4.69, 9.17) is 19.5 Å². The number of fused-ring (bicyclic) bond motifs is 3. The summed E-state index contributed by atoms with van der Waals surface area (Å²) in [6.45, 7) is 10.1. The third kappa shape index (κ3) is 3.46. The summed E-state index contributed by atoms with van der Waals surface area (Å²) in [7, 11) is 0. The van der Waals surface area contributed by atoms with Crippen molar-refractivity contribution >= 4 is 11.8 Å². The summed E-state index contributed by atoms with van der Waals surface area (Å²) in [6, 6.07) is 17.8. The number of nitrogens with zero attached hydrogens (tertiary/aromatic N) is 2. The molecule has 0 amide bonds. The Morgan fingerprint density at radius 3 is 1.52 bits per heavy atom. The van der Waals surface area contributed by atoms with Gasteiger partial charge < -0.3 is 9.47 Å². The molecular formula is C27H32N2O2. The smallest absolute Gasteiger partial charge is 0.200 e. The van der Waals surface area contributed by atoms with Crippen LogP contribution >= 0.6 is 0 Å². The molecule has 2 aromatic carbocycles. The fourth-order valence-corrected chi connectivity index (χ4v) is 4.97. The van der Waals surface area contributed by atoms with E-state index in [1.807, 2.05) is 0 Å². The summed E-state index contributed by atoms with van der Waals surface area (Å²) >= 11 is 0. The molecule has 0 radical (unpaired) electrons. The lowest BCUT2D eigenvalue weighted by Crippen LogP contribution is -2.43. The minimum Gasteiger partial charge on any atom is -0.478 e. The molecule has 0 fully saturated rings. The van der Waals surface area contributed by atoms with Crippen molar-refractivity contribution < 1.29 is 9.47 Å². The monoisotopic (exact) mass is 416 g/mol. The van der Waals surface area contributed by atoms with Crippen LogP contribution in [0.3, 0.4) is 0 Å². The maximum atomic E-state index is 6.35. The van der Waals surface area contributed by atoms with Gasteiger partial charge in [-0.05, 0) is 46.9 Å². The average molecular weight is 417 g/mol. The van der Waals surface area contributed by atoms with Gasteiger partial charge in [0.1, 0.15) is 18.6 Å². The lowest BCUT2D eigenvalue weighted by molar-refractivity contribution is 0.237. The van der Waals surface area contributed by atoms with Gasteiger partial charge in [0.15, 0.2) is 11.8 Å². The highest BCUT2D eigenvalue weighted by molar-refractivity contribution is 6.07. The van der Waals surface area contributed by atoms with Crippen LogP contribution in [0.2, 0.25) is 0 Å². The molecule has 0 saturated heterocycles. The normalized spacial score (nSPS) is 24.1. The van der Waals surface area contributed by atoms with Crippen molar-refractivity contribution in [3.05, 3.63) is 59.7 Å². The van der Waals surface area contributed by atoms with Crippen LogP contribution in [0.1, 0.15) is 38.8 Å². The van der Waals surface area contributed by atoms with Crippen LogP contribution in [0.4, 0.5) is 0 Å². The number of ether oxygens (including phenoxy) is 2. The van der Waals surface area contributed by atoms with Crippen LogP contribution < -0.4 is 0 Å². The Kier molecular flexibility index (Phi) is 5.11. The van der Waals surface area contributed by atoms with Crippen molar-refractivity contribution in [3.8, 4) is 11.1 Å². The van der Waals surface area contributed by atoms with Crippen LogP contribution in [-0.2, 0) is 22.3 Å². The van der Waals surface area contributed by atoms with Gasteiger partial charge in [0.2, 0.25) is 0 Å². The van der Waals surface area contributed by atoms with Crippen molar-refractivity contribution in [2.24, 2.45) is 27.2 Å². The highest BCUT2D eigenvalue weighted by Crippen LogP contribution is 2.44. The predicted molar refractivity (Wildman–Crippen MR) is 126 cm³/mol. The van der Waals surface area contributed by atoms with E-state index in [1.165, 1.54) is 22.3 Å². The summed E-state index contributed by atoms with van der Waals surface area (Å²) in [6.07, 6.45) is 1.57. The first kappa shape index (κ1) is 20.3. The van der Waals surface area contributed by atoms with E-state index < -0.39 is 5.41 Å². The lowest BCUT2D eigenvalue weighted by atomic mass is 9.77. The molecular weight excluding hydrogens is 384 g/mol. The Labute approximate surface area is 185 Å². The third-order valence-corrected chi connectivity index (χ3v) is 7.01. The minimum atomic E-state index is -0.504. The van der Waals surface area contributed by atoms with Crippen molar-refractivity contribution in [2.75, 3.05) is 13.2 Å². The van der Waals surface area contributed by atoms with Gasteiger partial charge in [-0.15, -0.1) is 0 Å². The number of rotatable bonds is 4. The van der Waals surface area contributed by atoms with Gasteiger partial charge in [-0.1, -0.05) is 76.2 Å². The lowest BCUT2D eigenvalue weighted by Gasteiger charge is -2.31. The van der Waals surface area contributed by atoms with Gasteiger partial charge in [-0.2, -0.15) is 0 Å². The zero-order valence-electron chi connectivity index (χ0n) is 19.0. The van der Waals surface area contributed by atoms with E-state index in [0.717, 1.165) is 24.6 Å². The quantitative estimate of drug-likeness (QED) is 0.675. The molecule has 2 aromatic rings. The highest BCUT2D eigenvalue weighted by atomic mass is 16.5. The summed E-state index contributed by atoms with van der Waals surface area (Å²) in [5, 5.41) is 0. The van der Waals surface area contributed by atoms with Gasteiger partial charge in [-0.3, -0.25) is 0 Å². The average Bonchev–Trinajstić information content (AvgIpc) is 3.42. The predicted octanol–water partition coefficient (Wildman–Crippen LogP) is 5.35. The third-order valence-electron chi connectivity index (χ3n) is 7.01. The second kappa shape index (κ2) is 7.81. The first-order valence-electron chi connectivity index (χ1n) is 11.6. The number of benzene rings is 2. The second-order valence-corrected chi connectivity index (χ2v) is 9.86. The fraction of sp³-hybridized carbons (Fsp3) is 0.481. The maximum Gasteiger partial charge on any atom is 0.200 e. The molecule has 3 aliphatic rings. The molecule has 2 heterocycles. The first-order valence-corrected chi connectivity index (χ1v) is 11.6. The Morgan fingerprint density at radius 1 is 0.710 bits per heavy atom. The van der Waals surface area contributed by atoms with Gasteiger partial charge in [-0.25, -0.2) is 9.98 Å². The van der Waals surface area contributed by atoms with Crippen LogP contribution in [0, 0.1) is 17.3 Å². The first-order chi connectivity index (χ1) is 15.0. The topological polar surface area (TPSA) is 43.2 Å². The van der Waals surface area contributed by atoms with Gasteiger partial charge >= 0.3 is 0 Å². The zero-order chi connectivity index (χ0) is 21.6. The van der Waals surface area contributed by atoms with E-state index >= 15 is 0 Å². The molecule has 0 aromatic heterocycles. The van der Waals surface area contributed by atoms with Crippen LogP contribution in [0.15, 0.2) is 58.5 Å². The van der Waals surface area contributed by atoms with Gasteiger partial charge in [0.25, 0.3) is 0 Å². The van der Waals surface area contributed by atoms with E-state index in [2.05, 4.69) is 76.2 Å². The SMILES string of the molecule is CC(C)[C@H]1COC(C2(C3=N[C@@H](C(C)C)CO3)Cc3ccccc3-c3ccccc3C2)=N1.